The van der Waals surface area contributed by atoms with Gasteiger partial charge in [-0.25, -0.2) is 10.0 Å². The average Bonchev–Trinajstić information content (AvgIpc) is 2.53. The molecule has 0 spiro atoms. The molecule has 0 amide bonds. The number of aromatic amines is 1. The number of hydrogen-bond acceptors (Lipinski definition) is 3. The second-order valence-corrected chi connectivity index (χ2v) is 2.31. The van der Waals surface area contributed by atoms with Gasteiger partial charge in [-0.1, -0.05) is 12.2 Å². The number of nitrogens with zero attached hydrogens (tertiary/aromatic N) is 2. The molecule has 0 radical (unpaired) electrons. The molecule has 5 heteroatoms. The van der Waals surface area contributed by atoms with Gasteiger partial charge in [0.05, 0.1) is 7.11 Å². The highest BCUT2D eigenvalue weighted by Crippen LogP contribution is 1.97. The molecule has 1 aromatic heterocycles. The van der Waals surface area contributed by atoms with Crippen molar-refractivity contribution in [3.63, 3.8) is 0 Å². The molecule has 0 bridgehead atoms. The molecule has 11 heavy (non-hydrogen) atoms. The van der Waals surface area contributed by atoms with E-state index in [9.17, 15) is 0 Å². The molecule has 1 N–H and O–H groups in total. The van der Waals surface area contributed by atoms with E-state index >= 15 is 0 Å². The molecule has 1 aromatic rings. The standard InChI is InChI=1S/C6H9N3OS/c1-9(10-2)6(11)5-7-3-4-8-5/h3-4H,1-2H3,(H,7,8). The van der Waals surface area contributed by atoms with E-state index in [4.69, 9.17) is 17.1 Å². The number of H-pyrrole nitrogens is 1. The Balaban J connectivity index is 2.70. The lowest BCUT2D eigenvalue weighted by Gasteiger charge is -2.13. The largest absolute Gasteiger partial charge is 0.343 e. The van der Waals surface area contributed by atoms with Crippen LogP contribution in [0.5, 0.6) is 0 Å². The lowest BCUT2D eigenvalue weighted by Crippen LogP contribution is -2.25. The van der Waals surface area contributed by atoms with Crippen molar-refractivity contribution in [3.8, 4) is 0 Å². The van der Waals surface area contributed by atoms with Crippen molar-refractivity contribution < 1.29 is 4.84 Å². The van der Waals surface area contributed by atoms with Crippen molar-refractivity contribution >= 4 is 17.2 Å². The summed E-state index contributed by atoms with van der Waals surface area (Å²) < 4.78 is 0. The first kappa shape index (κ1) is 8.16. The third-order valence-corrected chi connectivity index (χ3v) is 1.71. The summed E-state index contributed by atoms with van der Waals surface area (Å²) in [6.07, 6.45) is 3.36. The maximum Gasteiger partial charge on any atom is 0.169 e. The van der Waals surface area contributed by atoms with Crippen molar-refractivity contribution in [1.29, 1.82) is 0 Å². The molecule has 0 aliphatic carbocycles. The smallest absolute Gasteiger partial charge is 0.169 e. The van der Waals surface area contributed by atoms with Crippen LogP contribution in [0.1, 0.15) is 5.82 Å². The normalized spacial score (nSPS) is 9.64. The van der Waals surface area contributed by atoms with Gasteiger partial charge in [-0.2, -0.15) is 0 Å². The molecular formula is C6H9N3OS. The Morgan fingerprint density at radius 2 is 2.55 bits per heavy atom. The molecule has 0 aromatic carbocycles. The summed E-state index contributed by atoms with van der Waals surface area (Å²) in [5.74, 6) is 0.643. The third kappa shape index (κ3) is 1.75. The molecule has 0 atom stereocenters. The highest BCUT2D eigenvalue weighted by molar-refractivity contribution is 7.80. The number of imidazole rings is 1. The molecule has 4 nitrogen and oxygen atoms in total. The minimum Gasteiger partial charge on any atom is -0.343 e. The van der Waals surface area contributed by atoms with Gasteiger partial charge in [0.1, 0.15) is 0 Å². The van der Waals surface area contributed by atoms with Crippen molar-refractivity contribution in [1.82, 2.24) is 15.0 Å². The Hall–Kier alpha value is -0.940. The number of nitrogens with one attached hydrogen (secondary N) is 1. The van der Waals surface area contributed by atoms with Crippen LogP contribution in [-0.4, -0.2) is 34.2 Å². The molecule has 0 saturated heterocycles. The van der Waals surface area contributed by atoms with Gasteiger partial charge >= 0.3 is 0 Å². The zero-order valence-electron chi connectivity index (χ0n) is 6.37. The summed E-state index contributed by atoms with van der Waals surface area (Å²) in [5, 5.41) is 1.47. The third-order valence-electron chi connectivity index (χ3n) is 1.26. The maximum absolute atomic E-state index is 5.00. The van der Waals surface area contributed by atoms with E-state index in [0.29, 0.717) is 10.8 Å². The van der Waals surface area contributed by atoms with E-state index in [1.807, 2.05) is 0 Å². The number of aromatic nitrogens is 2. The summed E-state index contributed by atoms with van der Waals surface area (Å²) in [6.45, 7) is 0. The monoisotopic (exact) mass is 171 g/mol. The van der Waals surface area contributed by atoms with Gasteiger partial charge in [0.15, 0.2) is 10.8 Å². The first-order chi connectivity index (χ1) is 5.25. The van der Waals surface area contributed by atoms with Crippen LogP contribution in [0.25, 0.3) is 0 Å². The predicted octanol–water partition coefficient (Wildman–Crippen LogP) is 0.578. The van der Waals surface area contributed by atoms with Crippen molar-refractivity contribution in [2.45, 2.75) is 0 Å². The number of hydroxylamine groups is 2. The fourth-order valence-electron chi connectivity index (χ4n) is 0.614. The summed E-state index contributed by atoms with van der Waals surface area (Å²) in [7, 11) is 3.28. The molecule has 0 aliphatic heterocycles. The van der Waals surface area contributed by atoms with Gasteiger partial charge in [-0.05, 0) is 0 Å². The molecule has 0 unspecified atom stereocenters. The van der Waals surface area contributed by atoms with Crippen LogP contribution >= 0.6 is 12.2 Å². The SMILES string of the molecule is CON(C)C(=S)c1ncc[nH]1. The van der Waals surface area contributed by atoms with Crippen LogP contribution in [0.2, 0.25) is 0 Å². The summed E-state index contributed by atoms with van der Waals surface area (Å²) in [4.78, 5) is 12.3. The Kier molecular flexibility index (Phi) is 2.56. The molecular weight excluding hydrogens is 162 g/mol. The second-order valence-electron chi connectivity index (χ2n) is 1.92. The minimum absolute atomic E-state index is 0.539. The predicted molar refractivity (Wildman–Crippen MR) is 45.1 cm³/mol. The summed E-state index contributed by atoms with van der Waals surface area (Å²) >= 11 is 5.00. The Bertz CT molecular complexity index is 234. The maximum atomic E-state index is 5.00. The fraction of sp³-hybridized carbons (Fsp3) is 0.333. The number of hydrogen-bond donors (Lipinski definition) is 1. The fourth-order valence-corrected chi connectivity index (χ4v) is 0.800. The topological polar surface area (TPSA) is 41.1 Å². The van der Waals surface area contributed by atoms with E-state index in [-0.39, 0.29) is 0 Å². The van der Waals surface area contributed by atoms with Gasteiger partial charge in [0, 0.05) is 19.4 Å². The van der Waals surface area contributed by atoms with Gasteiger partial charge in [0.25, 0.3) is 0 Å². The van der Waals surface area contributed by atoms with Crippen LogP contribution in [0.4, 0.5) is 0 Å². The first-order valence-corrected chi connectivity index (χ1v) is 3.48. The summed E-state index contributed by atoms with van der Waals surface area (Å²) in [5.41, 5.74) is 0. The van der Waals surface area contributed by atoms with E-state index in [2.05, 4.69) is 9.97 Å². The Labute approximate surface area is 70.1 Å². The highest BCUT2D eigenvalue weighted by atomic mass is 32.1. The van der Waals surface area contributed by atoms with Crippen LogP contribution in [0.15, 0.2) is 12.4 Å². The van der Waals surface area contributed by atoms with Crippen LogP contribution in [0.3, 0.4) is 0 Å². The highest BCUT2D eigenvalue weighted by Gasteiger charge is 2.07. The average molecular weight is 171 g/mol. The molecule has 0 aliphatic rings. The number of rotatable bonds is 2. The van der Waals surface area contributed by atoms with Crippen molar-refractivity contribution in [2.24, 2.45) is 0 Å². The van der Waals surface area contributed by atoms with Crippen molar-refractivity contribution in [3.05, 3.63) is 18.2 Å². The lowest BCUT2D eigenvalue weighted by molar-refractivity contribution is -0.0389. The summed E-state index contributed by atoms with van der Waals surface area (Å²) in [6, 6.07) is 0. The second kappa shape index (κ2) is 3.45. The lowest BCUT2D eigenvalue weighted by atomic mass is 10.6. The van der Waals surface area contributed by atoms with Gasteiger partial charge in [-0.15, -0.1) is 0 Å². The van der Waals surface area contributed by atoms with Gasteiger partial charge < -0.3 is 4.98 Å². The molecule has 1 heterocycles. The molecule has 0 fully saturated rings. The zero-order valence-corrected chi connectivity index (χ0v) is 7.18. The minimum atomic E-state index is 0.539. The number of thiocarbonyl (C=S) groups is 1. The van der Waals surface area contributed by atoms with Crippen LogP contribution in [-0.2, 0) is 4.84 Å². The van der Waals surface area contributed by atoms with E-state index < -0.39 is 0 Å². The van der Waals surface area contributed by atoms with Gasteiger partial charge in [0.2, 0.25) is 0 Å². The van der Waals surface area contributed by atoms with Crippen molar-refractivity contribution in [2.75, 3.05) is 14.2 Å². The first-order valence-electron chi connectivity index (χ1n) is 3.07. The Morgan fingerprint density at radius 3 is 3.00 bits per heavy atom. The quantitative estimate of drug-likeness (QED) is 0.522. The van der Waals surface area contributed by atoms with E-state index in [1.165, 1.54) is 5.06 Å². The van der Waals surface area contributed by atoms with Gasteiger partial charge in [-0.3, -0.25) is 4.84 Å². The zero-order chi connectivity index (χ0) is 8.27. The van der Waals surface area contributed by atoms with E-state index in [0.717, 1.165) is 0 Å². The van der Waals surface area contributed by atoms with Crippen LogP contribution in [0, 0.1) is 0 Å². The molecule has 0 saturated carbocycles. The van der Waals surface area contributed by atoms with Crippen LogP contribution < -0.4 is 0 Å². The Morgan fingerprint density at radius 1 is 1.82 bits per heavy atom. The molecule has 60 valence electrons. The van der Waals surface area contributed by atoms with E-state index in [1.54, 1.807) is 26.6 Å². The molecule has 1 rings (SSSR count).